The van der Waals surface area contributed by atoms with Crippen LogP contribution in [0.3, 0.4) is 0 Å². The standard InChI is InChI=1S/C28H38O2/c1-23(27(3,4)21-29-19-25-13-9-7-10-14-25)17-18-24(2)28(5,6)22-30-20-26-15-11-8-12-16-26/h7-16,18H,1,17,19-22H2,2-6H3/b24-18-. The summed E-state index contributed by atoms with van der Waals surface area (Å²) in [4.78, 5) is 0. The lowest BCUT2D eigenvalue weighted by Gasteiger charge is -2.29. The molecule has 0 atom stereocenters. The minimum absolute atomic E-state index is 0.0109. The van der Waals surface area contributed by atoms with Crippen LogP contribution in [-0.4, -0.2) is 13.2 Å². The predicted molar refractivity (Wildman–Crippen MR) is 127 cm³/mol. The van der Waals surface area contributed by atoms with E-state index in [4.69, 9.17) is 9.47 Å². The van der Waals surface area contributed by atoms with E-state index in [1.807, 2.05) is 36.4 Å². The maximum Gasteiger partial charge on any atom is 0.0717 e. The van der Waals surface area contributed by atoms with Gasteiger partial charge in [-0.1, -0.05) is 112 Å². The third-order valence-electron chi connectivity index (χ3n) is 5.83. The Morgan fingerprint density at radius 1 is 0.767 bits per heavy atom. The number of ether oxygens (including phenoxy) is 2. The van der Waals surface area contributed by atoms with E-state index in [0.717, 1.165) is 6.42 Å². The molecule has 0 radical (unpaired) electrons. The molecule has 0 aliphatic carbocycles. The molecular formula is C28H38O2. The fourth-order valence-corrected chi connectivity index (χ4v) is 3.04. The van der Waals surface area contributed by atoms with E-state index in [-0.39, 0.29) is 10.8 Å². The van der Waals surface area contributed by atoms with Crippen LogP contribution in [0.25, 0.3) is 0 Å². The molecule has 0 spiro atoms. The van der Waals surface area contributed by atoms with Gasteiger partial charge in [-0.15, -0.1) is 0 Å². The lowest BCUT2D eigenvalue weighted by Crippen LogP contribution is -2.23. The predicted octanol–water partition coefficient (Wildman–Crippen LogP) is 7.37. The van der Waals surface area contributed by atoms with Crippen LogP contribution in [0.2, 0.25) is 0 Å². The van der Waals surface area contributed by atoms with E-state index >= 15 is 0 Å². The SMILES string of the molecule is C=C(C/C=C(/C)C(C)(C)COCc1ccccc1)C(C)(C)COCc1ccccc1. The summed E-state index contributed by atoms with van der Waals surface area (Å²) in [6.45, 7) is 18.1. The molecule has 0 saturated carbocycles. The van der Waals surface area contributed by atoms with Gasteiger partial charge in [0.25, 0.3) is 0 Å². The average Bonchev–Trinajstić information content (AvgIpc) is 2.73. The largest absolute Gasteiger partial charge is 0.376 e. The first-order valence-corrected chi connectivity index (χ1v) is 10.8. The number of allylic oxidation sites excluding steroid dienone is 1. The minimum atomic E-state index is -0.0699. The first kappa shape index (κ1) is 24.1. The van der Waals surface area contributed by atoms with Gasteiger partial charge in [0.2, 0.25) is 0 Å². The van der Waals surface area contributed by atoms with Crippen LogP contribution in [0.15, 0.2) is 84.5 Å². The lowest BCUT2D eigenvalue weighted by molar-refractivity contribution is 0.0654. The molecule has 30 heavy (non-hydrogen) atoms. The van der Waals surface area contributed by atoms with Crippen LogP contribution in [0.5, 0.6) is 0 Å². The maximum absolute atomic E-state index is 5.99. The third-order valence-corrected chi connectivity index (χ3v) is 5.83. The van der Waals surface area contributed by atoms with Gasteiger partial charge in [0, 0.05) is 10.8 Å². The molecule has 0 unspecified atom stereocenters. The highest BCUT2D eigenvalue weighted by atomic mass is 16.5. The Morgan fingerprint density at radius 2 is 1.20 bits per heavy atom. The number of hydrogen-bond acceptors (Lipinski definition) is 2. The van der Waals surface area contributed by atoms with Crippen molar-refractivity contribution < 1.29 is 9.47 Å². The molecule has 0 amide bonds. The summed E-state index contributed by atoms with van der Waals surface area (Å²) in [5, 5.41) is 0. The van der Waals surface area contributed by atoms with Gasteiger partial charge in [0.1, 0.15) is 0 Å². The van der Waals surface area contributed by atoms with Crippen LogP contribution in [0, 0.1) is 10.8 Å². The Balaban J connectivity index is 1.80. The van der Waals surface area contributed by atoms with Crippen molar-refractivity contribution in [1.29, 1.82) is 0 Å². The summed E-state index contributed by atoms with van der Waals surface area (Å²) in [6, 6.07) is 20.6. The zero-order valence-electron chi connectivity index (χ0n) is 19.4. The highest BCUT2D eigenvalue weighted by Crippen LogP contribution is 2.32. The van der Waals surface area contributed by atoms with Gasteiger partial charge in [0.05, 0.1) is 26.4 Å². The normalized spacial score (nSPS) is 12.8. The van der Waals surface area contributed by atoms with Gasteiger partial charge in [-0.3, -0.25) is 0 Å². The summed E-state index contributed by atoms with van der Waals surface area (Å²) >= 11 is 0. The van der Waals surface area contributed by atoms with Crippen molar-refractivity contribution in [3.8, 4) is 0 Å². The molecule has 0 saturated heterocycles. The van der Waals surface area contributed by atoms with Gasteiger partial charge in [0.15, 0.2) is 0 Å². The van der Waals surface area contributed by atoms with E-state index in [2.05, 4.69) is 71.5 Å². The van der Waals surface area contributed by atoms with Crippen LogP contribution >= 0.6 is 0 Å². The quantitative estimate of drug-likeness (QED) is 0.343. The first-order chi connectivity index (χ1) is 14.2. The molecule has 0 aromatic heterocycles. The second kappa shape index (κ2) is 11.3. The molecule has 2 aromatic carbocycles. The van der Waals surface area contributed by atoms with Crippen molar-refractivity contribution in [2.45, 2.75) is 54.3 Å². The fraction of sp³-hybridized carbons (Fsp3) is 0.429. The van der Waals surface area contributed by atoms with Crippen LogP contribution in [0.1, 0.15) is 52.2 Å². The Labute approximate surface area is 183 Å². The van der Waals surface area contributed by atoms with E-state index in [9.17, 15) is 0 Å². The second-order valence-electron chi connectivity index (χ2n) is 9.42. The minimum Gasteiger partial charge on any atom is -0.376 e. The summed E-state index contributed by atoms with van der Waals surface area (Å²) in [5.74, 6) is 0. The second-order valence-corrected chi connectivity index (χ2v) is 9.42. The smallest absolute Gasteiger partial charge is 0.0717 e. The van der Waals surface area contributed by atoms with E-state index in [1.165, 1.54) is 22.3 Å². The first-order valence-electron chi connectivity index (χ1n) is 10.8. The molecule has 0 aliphatic heterocycles. The van der Waals surface area contributed by atoms with E-state index < -0.39 is 0 Å². The van der Waals surface area contributed by atoms with Gasteiger partial charge >= 0.3 is 0 Å². The van der Waals surface area contributed by atoms with Gasteiger partial charge in [-0.25, -0.2) is 0 Å². The van der Waals surface area contributed by atoms with Crippen LogP contribution < -0.4 is 0 Å². The molecule has 0 heterocycles. The Bertz CT molecular complexity index is 801. The summed E-state index contributed by atoms with van der Waals surface area (Å²) in [6.07, 6.45) is 3.16. The topological polar surface area (TPSA) is 18.5 Å². The van der Waals surface area contributed by atoms with Crippen molar-refractivity contribution in [3.05, 3.63) is 95.6 Å². The van der Waals surface area contributed by atoms with Crippen molar-refractivity contribution in [2.24, 2.45) is 10.8 Å². The molecule has 0 N–H and O–H groups in total. The third kappa shape index (κ3) is 7.93. The van der Waals surface area contributed by atoms with Crippen molar-refractivity contribution in [2.75, 3.05) is 13.2 Å². The summed E-state index contributed by atoms with van der Waals surface area (Å²) in [5.41, 5.74) is 4.85. The average molecular weight is 407 g/mol. The monoisotopic (exact) mass is 406 g/mol. The Kier molecular flexibility index (Phi) is 9.08. The van der Waals surface area contributed by atoms with Gasteiger partial charge < -0.3 is 9.47 Å². The van der Waals surface area contributed by atoms with Gasteiger partial charge in [-0.05, 0) is 24.5 Å². The molecule has 0 fully saturated rings. The molecule has 2 heteroatoms. The number of benzene rings is 2. The highest BCUT2D eigenvalue weighted by Gasteiger charge is 2.24. The van der Waals surface area contributed by atoms with Crippen molar-refractivity contribution in [3.63, 3.8) is 0 Å². The van der Waals surface area contributed by atoms with Crippen molar-refractivity contribution >= 4 is 0 Å². The zero-order chi connectivity index (χ0) is 22.0. The Morgan fingerprint density at radius 3 is 1.67 bits per heavy atom. The molecule has 2 rings (SSSR count). The summed E-state index contributed by atoms with van der Waals surface area (Å²) < 4.78 is 12.0. The zero-order valence-corrected chi connectivity index (χ0v) is 19.4. The van der Waals surface area contributed by atoms with E-state index in [1.54, 1.807) is 0 Å². The molecule has 2 aromatic rings. The number of hydrogen-bond donors (Lipinski definition) is 0. The highest BCUT2D eigenvalue weighted by molar-refractivity contribution is 5.18. The molecular weight excluding hydrogens is 368 g/mol. The van der Waals surface area contributed by atoms with Crippen LogP contribution in [0.4, 0.5) is 0 Å². The molecule has 2 nitrogen and oxygen atoms in total. The Hall–Kier alpha value is -2.16. The van der Waals surface area contributed by atoms with Crippen LogP contribution in [-0.2, 0) is 22.7 Å². The number of rotatable bonds is 12. The summed E-state index contributed by atoms with van der Waals surface area (Å²) in [7, 11) is 0. The fourth-order valence-electron chi connectivity index (χ4n) is 3.04. The van der Waals surface area contributed by atoms with E-state index in [0.29, 0.717) is 26.4 Å². The lowest BCUT2D eigenvalue weighted by atomic mass is 9.81. The van der Waals surface area contributed by atoms with Gasteiger partial charge in [-0.2, -0.15) is 0 Å². The molecule has 0 bridgehead atoms. The maximum atomic E-state index is 5.99. The molecule has 162 valence electrons. The molecule has 0 aliphatic rings. The van der Waals surface area contributed by atoms with Crippen molar-refractivity contribution in [1.82, 2.24) is 0 Å².